The van der Waals surface area contributed by atoms with Crippen molar-refractivity contribution in [1.82, 2.24) is 23.6 Å². The fraction of sp³-hybridized carbons (Fsp3) is 0.200. The van der Waals surface area contributed by atoms with E-state index in [9.17, 15) is 0 Å². The van der Waals surface area contributed by atoms with Gasteiger partial charge in [-0.25, -0.2) is 9.97 Å². The summed E-state index contributed by atoms with van der Waals surface area (Å²) in [5, 5.41) is 0. The van der Waals surface area contributed by atoms with Crippen LogP contribution in [0.25, 0.3) is 22.4 Å². The van der Waals surface area contributed by atoms with Gasteiger partial charge in [0.05, 0.1) is 11.7 Å². The van der Waals surface area contributed by atoms with Crippen molar-refractivity contribution in [1.29, 1.82) is 0 Å². The second-order valence-electron chi connectivity index (χ2n) is 6.54. The van der Waals surface area contributed by atoms with Crippen LogP contribution in [0.2, 0.25) is 0 Å². The highest BCUT2D eigenvalue weighted by molar-refractivity contribution is 7.00. The predicted octanol–water partition coefficient (Wildman–Crippen LogP) is 4.09. The van der Waals surface area contributed by atoms with Crippen molar-refractivity contribution < 1.29 is 0 Å². The van der Waals surface area contributed by atoms with Crippen LogP contribution in [0, 0.1) is 6.92 Å². The molecule has 26 heavy (non-hydrogen) atoms. The Morgan fingerprint density at radius 1 is 0.885 bits per heavy atom. The molecule has 0 atom stereocenters. The quantitative estimate of drug-likeness (QED) is 0.536. The molecule has 130 valence electrons. The fourth-order valence-corrected chi connectivity index (χ4v) is 3.49. The maximum Gasteiger partial charge on any atom is 0.159 e. The molecule has 2 heterocycles. The number of hydrogen-bond acceptors (Lipinski definition) is 6. The van der Waals surface area contributed by atoms with Crippen LogP contribution in [-0.2, 0) is 13.1 Å². The molecule has 2 aromatic carbocycles. The summed E-state index contributed by atoms with van der Waals surface area (Å²) in [5.74, 6) is 0.765. The Morgan fingerprint density at radius 3 is 2.46 bits per heavy atom. The summed E-state index contributed by atoms with van der Waals surface area (Å²) in [6, 6.07) is 14.5. The Balaban J connectivity index is 1.43. The number of aromatic nitrogens is 4. The molecular formula is C20H19N5S. The third-order valence-corrected chi connectivity index (χ3v) is 4.76. The molecule has 0 N–H and O–H groups in total. The molecule has 0 aliphatic heterocycles. The molecular weight excluding hydrogens is 342 g/mol. The van der Waals surface area contributed by atoms with Crippen LogP contribution in [0.4, 0.5) is 0 Å². The zero-order valence-electron chi connectivity index (χ0n) is 14.8. The Kier molecular flexibility index (Phi) is 4.69. The maximum atomic E-state index is 4.53. The number of rotatable bonds is 5. The zero-order chi connectivity index (χ0) is 17.9. The van der Waals surface area contributed by atoms with Gasteiger partial charge in [-0.15, -0.1) is 0 Å². The van der Waals surface area contributed by atoms with Crippen LogP contribution in [0.5, 0.6) is 0 Å². The first kappa shape index (κ1) is 16.8. The van der Waals surface area contributed by atoms with Gasteiger partial charge in [0.15, 0.2) is 5.82 Å². The van der Waals surface area contributed by atoms with Crippen molar-refractivity contribution in [2.45, 2.75) is 20.0 Å². The maximum absolute atomic E-state index is 4.53. The minimum atomic E-state index is 0.765. The van der Waals surface area contributed by atoms with E-state index in [-0.39, 0.29) is 0 Å². The van der Waals surface area contributed by atoms with Gasteiger partial charge in [0.2, 0.25) is 0 Å². The van der Waals surface area contributed by atoms with E-state index in [0.717, 1.165) is 41.1 Å². The van der Waals surface area contributed by atoms with Gasteiger partial charge >= 0.3 is 0 Å². The molecule has 4 rings (SSSR count). The normalized spacial score (nSPS) is 11.3. The zero-order valence-corrected chi connectivity index (χ0v) is 15.6. The summed E-state index contributed by atoms with van der Waals surface area (Å²) in [5.41, 5.74) is 6.51. The molecule has 0 amide bonds. The van der Waals surface area contributed by atoms with Gasteiger partial charge in [0, 0.05) is 36.6 Å². The molecule has 5 nitrogen and oxygen atoms in total. The van der Waals surface area contributed by atoms with Crippen LogP contribution in [0.15, 0.2) is 54.9 Å². The van der Waals surface area contributed by atoms with Gasteiger partial charge < -0.3 is 0 Å². The second kappa shape index (κ2) is 7.27. The lowest BCUT2D eigenvalue weighted by Gasteiger charge is -2.16. The first-order chi connectivity index (χ1) is 12.7. The minimum Gasteiger partial charge on any atom is -0.298 e. The molecule has 4 aromatic rings. The van der Waals surface area contributed by atoms with E-state index < -0.39 is 0 Å². The molecule has 0 unspecified atom stereocenters. The minimum absolute atomic E-state index is 0.765. The van der Waals surface area contributed by atoms with Gasteiger partial charge in [0.1, 0.15) is 11.0 Å². The van der Waals surface area contributed by atoms with E-state index in [2.05, 4.69) is 61.9 Å². The standard InChI is InChI=1S/C20H19N5S/c1-14-4-3-5-17(8-14)20-21-10-16(11-22-20)13-25(2)12-15-6-7-18-19(9-15)24-26-23-18/h3-11H,12-13H2,1-2H3. The lowest BCUT2D eigenvalue weighted by atomic mass is 10.1. The molecule has 2 aromatic heterocycles. The number of hydrogen-bond donors (Lipinski definition) is 0. The highest BCUT2D eigenvalue weighted by atomic mass is 32.1. The Bertz CT molecular complexity index is 1030. The molecule has 0 saturated carbocycles. The lowest BCUT2D eigenvalue weighted by molar-refractivity contribution is 0.318. The predicted molar refractivity (Wildman–Crippen MR) is 105 cm³/mol. The number of benzene rings is 2. The smallest absolute Gasteiger partial charge is 0.159 e. The van der Waals surface area contributed by atoms with Gasteiger partial charge in [-0.1, -0.05) is 29.8 Å². The highest BCUT2D eigenvalue weighted by Gasteiger charge is 2.07. The molecule has 0 radical (unpaired) electrons. The molecule has 0 bridgehead atoms. The molecule has 0 fully saturated rings. The third kappa shape index (κ3) is 3.76. The number of aryl methyl sites for hydroxylation is 1. The summed E-state index contributed by atoms with van der Waals surface area (Å²) in [4.78, 5) is 11.3. The van der Waals surface area contributed by atoms with Crippen LogP contribution in [0.3, 0.4) is 0 Å². The average Bonchev–Trinajstić information content (AvgIpc) is 3.10. The summed E-state index contributed by atoms with van der Waals surface area (Å²) in [7, 11) is 2.10. The van der Waals surface area contributed by atoms with Crippen LogP contribution in [-0.4, -0.2) is 30.7 Å². The van der Waals surface area contributed by atoms with E-state index >= 15 is 0 Å². The largest absolute Gasteiger partial charge is 0.298 e. The van der Waals surface area contributed by atoms with Gasteiger partial charge in [0.25, 0.3) is 0 Å². The summed E-state index contributed by atoms with van der Waals surface area (Å²) in [6.45, 7) is 3.71. The number of nitrogens with zero attached hydrogens (tertiary/aromatic N) is 5. The van der Waals surface area contributed by atoms with Gasteiger partial charge in [-0.3, -0.25) is 4.90 Å². The van der Waals surface area contributed by atoms with E-state index in [0.29, 0.717) is 0 Å². The Hall–Kier alpha value is -2.70. The van der Waals surface area contributed by atoms with E-state index in [4.69, 9.17) is 0 Å². The average molecular weight is 361 g/mol. The van der Waals surface area contributed by atoms with Crippen molar-refractivity contribution in [3.8, 4) is 11.4 Å². The Morgan fingerprint density at radius 2 is 1.65 bits per heavy atom. The van der Waals surface area contributed by atoms with Crippen molar-refractivity contribution in [3.05, 3.63) is 71.5 Å². The molecule has 6 heteroatoms. The molecule has 0 spiro atoms. The van der Waals surface area contributed by atoms with E-state index in [1.165, 1.54) is 22.9 Å². The van der Waals surface area contributed by atoms with E-state index in [1.54, 1.807) is 0 Å². The van der Waals surface area contributed by atoms with Crippen molar-refractivity contribution in [2.24, 2.45) is 0 Å². The summed E-state index contributed by atoms with van der Waals surface area (Å²) in [6.07, 6.45) is 3.82. The highest BCUT2D eigenvalue weighted by Crippen LogP contribution is 2.17. The van der Waals surface area contributed by atoms with Gasteiger partial charge in [-0.2, -0.15) is 8.75 Å². The van der Waals surface area contributed by atoms with Crippen molar-refractivity contribution >= 4 is 22.8 Å². The summed E-state index contributed by atoms with van der Waals surface area (Å²) >= 11 is 1.25. The van der Waals surface area contributed by atoms with Crippen molar-refractivity contribution in [3.63, 3.8) is 0 Å². The van der Waals surface area contributed by atoms with Crippen LogP contribution >= 0.6 is 11.7 Å². The first-order valence-corrected chi connectivity index (χ1v) is 9.18. The van der Waals surface area contributed by atoms with Gasteiger partial charge in [-0.05, 0) is 37.7 Å². The van der Waals surface area contributed by atoms with Crippen LogP contribution in [0.1, 0.15) is 16.7 Å². The van der Waals surface area contributed by atoms with E-state index in [1.807, 2.05) is 30.6 Å². The second-order valence-corrected chi connectivity index (χ2v) is 7.07. The lowest BCUT2D eigenvalue weighted by Crippen LogP contribution is -2.17. The third-order valence-electron chi connectivity index (χ3n) is 4.20. The number of fused-ring (bicyclic) bond motifs is 1. The SMILES string of the molecule is Cc1cccc(-c2ncc(CN(C)Cc3ccc4nsnc4c3)cn2)c1. The van der Waals surface area contributed by atoms with Crippen molar-refractivity contribution in [2.75, 3.05) is 7.05 Å². The summed E-state index contributed by atoms with van der Waals surface area (Å²) < 4.78 is 8.55. The Labute approximate surface area is 156 Å². The first-order valence-electron chi connectivity index (χ1n) is 8.45. The topological polar surface area (TPSA) is 54.8 Å². The molecule has 0 aliphatic carbocycles. The molecule has 0 aliphatic rings. The molecule has 0 saturated heterocycles. The monoisotopic (exact) mass is 361 g/mol. The fourth-order valence-electron chi connectivity index (χ4n) is 2.97. The van der Waals surface area contributed by atoms with Crippen LogP contribution < -0.4 is 0 Å².